The number of carbonyl (C=O) groups is 3. The van der Waals surface area contributed by atoms with Crippen LogP contribution in [0.3, 0.4) is 0 Å². The van der Waals surface area contributed by atoms with Gasteiger partial charge in [-0.2, -0.15) is 0 Å². The largest absolute Gasteiger partial charge is 0.462 e. The van der Waals surface area contributed by atoms with E-state index in [-0.39, 0.29) is 37.4 Å². The molecule has 0 aliphatic heterocycles. The molecule has 0 rings (SSSR count). The molecule has 6 nitrogen and oxygen atoms in total. The number of allylic oxidation sites excluding steroid dienone is 8. The van der Waals surface area contributed by atoms with Crippen LogP contribution in [-0.4, -0.2) is 42.1 Å². The highest BCUT2D eigenvalue weighted by atomic mass is 16.6. The summed E-state index contributed by atoms with van der Waals surface area (Å²) < 4.78 is 10.5. The van der Waals surface area contributed by atoms with Gasteiger partial charge in [0.25, 0.3) is 0 Å². The summed E-state index contributed by atoms with van der Waals surface area (Å²) in [4.78, 5) is 35.7. The van der Waals surface area contributed by atoms with Crippen molar-refractivity contribution >= 4 is 17.7 Å². The Morgan fingerprint density at radius 3 is 1.79 bits per heavy atom. The zero-order valence-corrected chi connectivity index (χ0v) is 27.4. The molecular weight excluding hydrogens is 540 g/mol. The molecule has 0 aromatic rings. The van der Waals surface area contributed by atoms with Crippen molar-refractivity contribution in [2.45, 2.75) is 155 Å². The van der Waals surface area contributed by atoms with Gasteiger partial charge in [-0.25, -0.2) is 0 Å². The summed E-state index contributed by atoms with van der Waals surface area (Å²) in [5, 5.41) is 9.49. The van der Waals surface area contributed by atoms with Gasteiger partial charge in [0.1, 0.15) is 6.61 Å². The lowest BCUT2D eigenvalue weighted by Crippen LogP contribution is -2.28. The Kier molecular flexibility index (Phi) is 30.6. The Balaban J connectivity index is 3.76. The molecule has 0 radical (unpaired) electrons. The van der Waals surface area contributed by atoms with Crippen LogP contribution in [0.15, 0.2) is 48.6 Å². The Labute approximate surface area is 263 Å². The van der Waals surface area contributed by atoms with E-state index in [0.29, 0.717) is 19.3 Å². The minimum absolute atomic E-state index is 0.112. The van der Waals surface area contributed by atoms with Gasteiger partial charge in [0.2, 0.25) is 0 Å². The van der Waals surface area contributed by atoms with E-state index in [1.54, 1.807) is 6.08 Å². The van der Waals surface area contributed by atoms with E-state index in [2.05, 4.69) is 32.1 Å². The highest BCUT2D eigenvalue weighted by Crippen LogP contribution is 2.12. The minimum atomic E-state index is -0.806. The maximum absolute atomic E-state index is 12.1. The van der Waals surface area contributed by atoms with E-state index < -0.39 is 6.10 Å². The number of unbranched alkanes of at least 4 members (excludes halogenated alkanes) is 13. The molecule has 0 unspecified atom stereocenters. The quantitative estimate of drug-likeness (QED) is 0.0290. The van der Waals surface area contributed by atoms with Gasteiger partial charge in [0.15, 0.2) is 11.9 Å². The number of hydrogen-bond donors (Lipinski definition) is 1. The molecular formula is C37H62O6. The Bertz CT molecular complexity index is 795. The Morgan fingerprint density at radius 1 is 0.605 bits per heavy atom. The second kappa shape index (κ2) is 32.4. The standard InChI is InChI=1S/C37H62O6/c1-3-5-7-8-9-10-12-17-20-23-27-31-37(41)43-35(32-38)33-42-36(40)30-26-22-19-16-14-11-13-15-18-21-25-29-34(39)28-24-6-4-2/h11,13,16,18-19,21,25,29,35,38H,3-10,12,14-15,17,20,22-24,26-28,30-33H2,1-2H3/b13-11-,19-16-,21-18-,29-25+/t35-/m0/s1. The Hall–Kier alpha value is -2.47. The molecule has 0 saturated heterocycles. The highest BCUT2D eigenvalue weighted by molar-refractivity contribution is 5.89. The molecule has 0 bridgehead atoms. The normalized spacial score (nSPS) is 12.6. The summed E-state index contributed by atoms with van der Waals surface area (Å²) in [7, 11) is 0. The van der Waals surface area contributed by atoms with E-state index in [0.717, 1.165) is 57.8 Å². The van der Waals surface area contributed by atoms with Crippen molar-refractivity contribution in [2.75, 3.05) is 13.2 Å². The zero-order chi connectivity index (χ0) is 31.6. The highest BCUT2D eigenvalue weighted by Gasteiger charge is 2.16. The van der Waals surface area contributed by atoms with Crippen LogP contribution in [0.2, 0.25) is 0 Å². The average molecular weight is 603 g/mol. The summed E-state index contributed by atoms with van der Waals surface area (Å²) in [6.45, 7) is 3.89. The summed E-state index contributed by atoms with van der Waals surface area (Å²) in [5.74, 6) is -0.508. The third-order valence-electron chi connectivity index (χ3n) is 7.10. The molecule has 246 valence electrons. The van der Waals surface area contributed by atoms with E-state index in [1.165, 1.54) is 51.4 Å². The summed E-state index contributed by atoms with van der Waals surface area (Å²) in [5.41, 5.74) is 0. The molecule has 1 atom stereocenters. The van der Waals surface area contributed by atoms with Gasteiger partial charge >= 0.3 is 11.9 Å². The first-order valence-corrected chi connectivity index (χ1v) is 17.1. The number of ether oxygens (including phenoxy) is 2. The zero-order valence-electron chi connectivity index (χ0n) is 27.4. The minimum Gasteiger partial charge on any atom is -0.462 e. The summed E-state index contributed by atoms with van der Waals surface area (Å²) >= 11 is 0. The molecule has 0 aromatic heterocycles. The monoisotopic (exact) mass is 602 g/mol. The van der Waals surface area contributed by atoms with Gasteiger partial charge in [-0.3, -0.25) is 14.4 Å². The van der Waals surface area contributed by atoms with Crippen molar-refractivity contribution in [3.63, 3.8) is 0 Å². The first-order valence-electron chi connectivity index (χ1n) is 17.1. The van der Waals surface area contributed by atoms with Crippen LogP contribution in [0.25, 0.3) is 0 Å². The lowest BCUT2D eigenvalue weighted by atomic mass is 10.1. The van der Waals surface area contributed by atoms with Crippen molar-refractivity contribution in [1.82, 2.24) is 0 Å². The lowest BCUT2D eigenvalue weighted by Gasteiger charge is -2.15. The first kappa shape index (κ1) is 40.5. The van der Waals surface area contributed by atoms with E-state index in [4.69, 9.17) is 9.47 Å². The molecule has 0 aliphatic rings. The van der Waals surface area contributed by atoms with Gasteiger partial charge in [0, 0.05) is 19.3 Å². The summed E-state index contributed by atoms with van der Waals surface area (Å²) in [6, 6.07) is 0. The Morgan fingerprint density at radius 2 is 1.14 bits per heavy atom. The van der Waals surface area contributed by atoms with Gasteiger partial charge in [-0.15, -0.1) is 0 Å². The van der Waals surface area contributed by atoms with Crippen LogP contribution in [0.4, 0.5) is 0 Å². The molecule has 0 aliphatic carbocycles. The fourth-order valence-corrected chi connectivity index (χ4v) is 4.44. The average Bonchev–Trinajstić information content (AvgIpc) is 3.00. The van der Waals surface area contributed by atoms with Crippen molar-refractivity contribution in [1.29, 1.82) is 0 Å². The van der Waals surface area contributed by atoms with Gasteiger partial charge < -0.3 is 14.6 Å². The topological polar surface area (TPSA) is 89.9 Å². The molecule has 0 aromatic carbocycles. The first-order chi connectivity index (χ1) is 21.0. The number of rotatable bonds is 30. The number of aliphatic hydroxyl groups is 1. The van der Waals surface area contributed by atoms with Crippen LogP contribution >= 0.6 is 0 Å². The predicted molar refractivity (Wildman–Crippen MR) is 178 cm³/mol. The molecule has 0 fully saturated rings. The molecule has 0 heterocycles. The number of hydrogen-bond acceptors (Lipinski definition) is 6. The van der Waals surface area contributed by atoms with E-state index in [9.17, 15) is 19.5 Å². The van der Waals surface area contributed by atoms with Crippen molar-refractivity contribution in [3.05, 3.63) is 48.6 Å². The van der Waals surface area contributed by atoms with E-state index >= 15 is 0 Å². The third kappa shape index (κ3) is 30.8. The smallest absolute Gasteiger partial charge is 0.306 e. The lowest BCUT2D eigenvalue weighted by molar-refractivity contribution is -0.161. The van der Waals surface area contributed by atoms with Crippen LogP contribution < -0.4 is 0 Å². The molecule has 43 heavy (non-hydrogen) atoms. The third-order valence-corrected chi connectivity index (χ3v) is 7.10. The van der Waals surface area contributed by atoms with Crippen LogP contribution in [0.5, 0.6) is 0 Å². The number of esters is 2. The predicted octanol–water partition coefficient (Wildman–Crippen LogP) is 9.46. The molecule has 1 N–H and O–H groups in total. The fraction of sp³-hybridized carbons (Fsp3) is 0.703. The molecule has 0 saturated carbocycles. The van der Waals surface area contributed by atoms with Crippen molar-refractivity contribution < 1.29 is 29.0 Å². The van der Waals surface area contributed by atoms with Crippen LogP contribution in [0, 0.1) is 0 Å². The van der Waals surface area contributed by atoms with E-state index in [1.807, 2.05) is 24.3 Å². The van der Waals surface area contributed by atoms with Crippen LogP contribution in [0.1, 0.15) is 149 Å². The van der Waals surface area contributed by atoms with Gasteiger partial charge in [-0.1, -0.05) is 133 Å². The van der Waals surface area contributed by atoms with Crippen molar-refractivity contribution in [3.8, 4) is 0 Å². The van der Waals surface area contributed by atoms with Crippen LogP contribution in [-0.2, 0) is 23.9 Å². The fourth-order valence-electron chi connectivity index (χ4n) is 4.44. The van der Waals surface area contributed by atoms with Gasteiger partial charge in [-0.05, 0) is 44.6 Å². The number of aliphatic hydroxyl groups excluding tert-OH is 1. The summed E-state index contributed by atoms with van der Waals surface area (Å²) in [6.07, 6.45) is 35.8. The molecule has 6 heteroatoms. The molecule has 0 amide bonds. The SMILES string of the molecule is CCCCCCCCCCCCCC(=O)O[C@@H](CO)COC(=O)CCC/C=C\C/C=C\C/C=C\C=C\C(=O)CCCCC. The maximum Gasteiger partial charge on any atom is 0.306 e. The second-order valence-corrected chi connectivity index (χ2v) is 11.3. The van der Waals surface area contributed by atoms with Crippen molar-refractivity contribution in [2.24, 2.45) is 0 Å². The molecule has 0 spiro atoms. The number of carbonyl (C=O) groups excluding carboxylic acids is 3. The van der Waals surface area contributed by atoms with Gasteiger partial charge in [0.05, 0.1) is 6.61 Å². The maximum atomic E-state index is 12.1. The second-order valence-electron chi connectivity index (χ2n) is 11.3. The number of ketones is 1.